The molecule has 1 aromatic heterocycles. The minimum Gasteiger partial charge on any atom is -0.493 e. The number of pyridine rings is 1. The highest BCUT2D eigenvalue weighted by atomic mass is 32.2. The number of ether oxygens (including phenoxy) is 3. The van der Waals surface area contributed by atoms with E-state index in [0.29, 0.717) is 45.8 Å². The first-order valence-corrected chi connectivity index (χ1v) is 12.3. The number of halogens is 3. The minimum atomic E-state index is -4.53. The van der Waals surface area contributed by atoms with Crippen LogP contribution in [0.3, 0.4) is 0 Å². The van der Waals surface area contributed by atoms with Gasteiger partial charge >= 0.3 is 6.18 Å². The molecule has 0 aliphatic carbocycles. The summed E-state index contributed by atoms with van der Waals surface area (Å²) in [6, 6.07) is 14.9. The number of amides is 1. The van der Waals surface area contributed by atoms with Gasteiger partial charge in [0.1, 0.15) is 17.3 Å². The number of methoxy groups -OCH3 is 2. The lowest BCUT2D eigenvalue weighted by Crippen LogP contribution is -2.33. The van der Waals surface area contributed by atoms with E-state index in [-0.39, 0.29) is 5.56 Å². The van der Waals surface area contributed by atoms with Gasteiger partial charge in [-0.2, -0.15) is 13.2 Å². The second kappa shape index (κ2) is 10.3. The number of carbonyl (C=O) groups excluding carboxylic acids is 1. The number of nitrogens with zero attached hydrogens (tertiary/aromatic N) is 2. The van der Waals surface area contributed by atoms with E-state index in [2.05, 4.69) is 15.3 Å². The van der Waals surface area contributed by atoms with Gasteiger partial charge in [0, 0.05) is 28.1 Å². The second-order valence-electron chi connectivity index (χ2n) is 8.14. The second-order valence-corrected chi connectivity index (χ2v) is 9.16. The zero-order valence-electron chi connectivity index (χ0n) is 20.1. The van der Waals surface area contributed by atoms with Crippen LogP contribution in [0.4, 0.5) is 18.9 Å². The summed E-state index contributed by atoms with van der Waals surface area (Å²) in [4.78, 5) is 22.2. The lowest BCUT2D eigenvalue weighted by molar-refractivity contribution is -0.137. The predicted octanol–water partition coefficient (Wildman–Crippen LogP) is 6.63. The van der Waals surface area contributed by atoms with Gasteiger partial charge in [0.05, 0.1) is 36.7 Å². The van der Waals surface area contributed by atoms with Crippen LogP contribution in [-0.4, -0.2) is 36.7 Å². The number of nitrogens with one attached hydrogen (secondary N) is 1. The number of amidine groups is 1. The van der Waals surface area contributed by atoms with Crippen LogP contribution in [0, 0.1) is 0 Å². The van der Waals surface area contributed by atoms with Gasteiger partial charge in [-0.3, -0.25) is 9.78 Å². The van der Waals surface area contributed by atoms with E-state index in [4.69, 9.17) is 14.2 Å². The summed E-state index contributed by atoms with van der Waals surface area (Å²) < 4.78 is 55.9. The van der Waals surface area contributed by atoms with Crippen LogP contribution in [0.1, 0.15) is 15.9 Å². The van der Waals surface area contributed by atoms with Crippen molar-refractivity contribution in [3.63, 3.8) is 0 Å². The largest absolute Gasteiger partial charge is 0.493 e. The standard InChI is InChI=1S/C27H20F3N3O4S/c1-35-22-12-18-20(13-23(22)36-2)31-9-8-21(18)37-17-6-7-19-24(11-17)38-14-25(32-19)33-26(34)15-4-3-5-16(10-15)27(28,29)30/h3-13H,14H2,1-2H3,(H,32,33,34). The summed E-state index contributed by atoms with van der Waals surface area (Å²) in [7, 11) is 3.11. The van der Waals surface area contributed by atoms with Gasteiger partial charge in [0.2, 0.25) is 0 Å². The van der Waals surface area contributed by atoms with Crippen LogP contribution in [0.25, 0.3) is 10.9 Å². The SMILES string of the molecule is COc1cc2nccc(Oc3ccc4c(c3)SCC(NC(=O)c3cccc(C(F)(F)F)c3)=N4)c2cc1OC. The van der Waals surface area contributed by atoms with Crippen LogP contribution in [0.5, 0.6) is 23.0 Å². The van der Waals surface area contributed by atoms with Crippen molar-refractivity contribution in [2.24, 2.45) is 4.99 Å². The fourth-order valence-corrected chi connectivity index (χ4v) is 4.75. The molecule has 0 radical (unpaired) electrons. The Morgan fingerprint density at radius 3 is 2.53 bits per heavy atom. The zero-order valence-corrected chi connectivity index (χ0v) is 20.9. The van der Waals surface area contributed by atoms with Crippen LogP contribution in [0.15, 0.2) is 76.7 Å². The maximum absolute atomic E-state index is 13.0. The van der Waals surface area contributed by atoms with Gasteiger partial charge in [-0.25, -0.2) is 4.99 Å². The quantitative estimate of drug-likeness (QED) is 0.307. The zero-order chi connectivity index (χ0) is 26.9. The Morgan fingerprint density at radius 1 is 0.974 bits per heavy atom. The average molecular weight is 540 g/mol. The van der Waals surface area contributed by atoms with E-state index < -0.39 is 17.6 Å². The van der Waals surface area contributed by atoms with E-state index in [1.54, 1.807) is 50.7 Å². The molecule has 1 aliphatic rings. The van der Waals surface area contributed by atoms with Gasteiger partial charge in [0.25, 0.3) is 5.91 Å². The molecule has 2 heterocycles. The molecule has 0 bridgehead atoms. The third-order valence-electron chi connectivity index (χ3n) is 5.70. The van der Waals surface area contributed by atoms with Crippen molar-refractivity contribution in [1.29, 1.82) is 0 Å². The number of fused-ring (bicyclic) bond motifs is 2. The van der Waals surface area contributed by atoms with Crippen molar-refractivity contribution >= 4 is 40.1 Å². The lowest BCUT2D eigenvalue weighted by Gasteiger charge is -2.17. The molecule has 0 atom stereocenters. The lowest BCUT2D eigenvalue weighted by atomic mass is 10.1. The number of alkyl halides is 3. The van der Waals surface area contributed by atoms with Crippen molar-refractivity contribution < 1.29 is 32.2 Å². The number of aromatic nitrogens is 1. The average Bonchev–Trinajstić information content (AvgIpc) is 2.92. The third-order valence-corrected chi connectivity index (χ3v) is 6.75. The number of hydrogen-bond donors (Lipinski definition) is 1. The highest BCUT2D eigenvalue weighted by Gasteiger charge is 2.31. The van der Waals surface area contributed by atoms with Crippen LogP contribution < -0.4 is 19.5 Å². The molecule has 4 aromatic rings. The first kappa shape index (κ1) is 25.4. The molecule has 1 aliphatic heterocycles. The molecule has 1 N–H and O–H groups in total. The van der Waals surface area contributed by atoms with Crippen LogP contribution in [-0.2, 0) is 6.18 Å². The van der Waals surface area contributed by atoms with Crippen molar-refractivity contribution in [3.8, 4) is 23.0 Å². The smallest absolute Gasteiger partial charge is 0.416 e. The summed E-state index contributed by atoms with van der Waals surface area (Å²) in [6.45, 7) is 0. The highest BCUT2D eigenvalue weighted by molar-refractivity contribution is 8.00. The van der Waals surface area contributed by atoms with E-state index >= 15 is 0 Å². The Labute approximate surface area is 219 Å². The fourth-order valence-electron chi connectivity index (χ4n) is 3.86. The molecule has 0 fully saturated rings. The Bertz CT molecular complexity index is 1570. The third kappa shape index (κ3) is 5.23. The van der Waals surface area contributed by atoms with E-state index in [0.717, 1.165) is 22.4 Å². The van der Waals surface area contributed by atoms with E-state index in [1.165, 1.54) is 23.9 Å². The number of rotatable bonds is 5. The number of aliphatic imine (C=N–C) groups is 1. The van der Waals surface area contributed by atoms with Gasteiger partial charge in [-0.05, 0) is 48.5 Å². The Hall–Kier alpha value is -4.25. The summed E-state index contributed by atoms with van der Waals surface area (Å²) in [5, 5.41) is 3.36. The van der Waals surface area contributed by atoms with Crippen LogP contribution >= 0.6 is 11.8 Å². The Morgan fingerprint density at radius 2 is 1.76 bits per heavy atom. The Kier molecular flexibility index (Phi) is 6.85. The van der Waals surface area contributed by atoms with Gasteiger partial charge < -0.3 is 19.5 Å². The van der Waals surface area contributed by atoms with E-state index in [9.17, 15) is 18.0 Å². The maximum atomic E-state index is 13.0. The molecular weight excluding hydrogens is 519 g/mol. The molecule has 5 rings (SSSR count). The van der Waals surface area contributed by atoms with Crippen molar-refractivity contribution in [2.75, 3.05) is 20.0 Å². The van der Waals surface area contributed by atoms with E-state index in [1.807, 2.05) is 6.07 Å². The molecule has 0 spiro atoms. The number of benzene rings is 3. The molecule has 7 nitrogen and oxygen atoms in total. The molecule has 0 unspecified atom stereocenters. The summed E-state index contributed by atoms with van der Waals surface area (Å²) in [5.74, 6) is 2.28. The minimum absolute atomic E-state index is 0.0964. The topological polar surface area (TPSA) is 82.0 Å². The molecule has 38 heavy (non-hydrogen) atoms. The summed E-state index contributed by atoms with van der Waals surface area (Å²) >= 11 is 1.43. The normalized spacial score (nSPS) is 12.9. The van der Waals surface area contributed by atoms with Crippen molar-refractivity contribution in [3.05, 3.63) is 78.0 Å². The molecule has 3 aromatic carbocycles. The number of thioether (sulfide) groups is 1. The molecule has 0 saturated carbocycles. The molecule has 194 valence electrons. The molecular formula is C27H20F3N3O4S. The summed E-state index contributed by atoms with van der Waals surface area (Å²) in [5.41, 5.74) is 0.306. The maximum Gasteiger partial charge on any atom is 0.416 e. The van der Waals surface area contributed by atoms with Crippen LogP contribution in [0.2, 0.25) is 0 Å². The molecule has 11 heteroatoms. The first-order chi connectivity index (χ1) is 18.2. The fraction of sp³-hybridized carbons (Fsp3) is 0.148. The predicted molar refractivity (Wildman–Crippen MR) is 138 cm³/mol. The monoisotopic (exact) mass is 539 g/mol. The van der Waals surface area contributed by atoms with Crippen molar-refractivity contribution in [2.45, 2.75) is 11.1 Å². The number of hydrogen-bond acceptors (Lipinski definition) is 7. The Balaban J connectivity index is 1.35. The summed E-state index contributed by atoms with van der Waals surface area (Å²) in [6.07, 6.45) is -2.89. The number of carbonyl (C=O) groups is 1. The molecule has 1 amide bonds. The highest BCUT2D eigenvalue weighted by Crippen LogP contribution is 2.40. The first-order valence-electron chi connectivity index (χ1n) is 11.3. The van der Waals surface area contributed by atoms with Gasteiger partial charge in [0.15, 0.2) is 11.5 Å². The molecule has 0 saturated heterocycles. The van der Waals surface area contributed by atoms with Gasteiger partial charge in [-0.15, -0.1) is 11.8 Å². The van der Waals surface area contributed by atoms with Gasteiger partial charge in [-0.1, -0.05) is 6.07 Å². The van der Waals surface area contributed by atoms with Crippen molar-refractivity contribution in [1.82, 2.24) is 10.3 Å².